The van der Waals surface area contributed by atoms with E-state index in [0.717, 1.165) is 17.3 Å². The van der Waals surface area contributed by atoms with Crippen LogP contribution in [-0.2, 0) is 29.0 Å². The molecule has 0 spiro atoms. The Bertz CT molecular complexity index is 1530. The Labute approximate surface area is 210 Å². The summed E-state index contributed by atoms with van der Waals surface area (Å²) in [4.78, 5) is 14.9. The number of carbonyl (C=O) groups excluding carboxylic acids is 1. The number of aromatic nitrogens is 3. The van der Waals surface area contributed by atoms with Gasteiger partial charge in [-0.3, -0.25) is 9.36 Å². The molecule has 2 N–H and O–H groups in total. The molecule has 37 heavy (non-hydrogen) atoms. The summed E-state index contributed by atoms with van der Waals surface area (Å²) in [5.74, 6) is -2.07. The average molecular weight is 506 g/mol. The van der Waals surface area contributed by atoms with E-state index in [-0.39, 0.29) is 37.4 Å². The zero-order valence-corrected chi connectivity index (χ0v) is 19.8. The first-order chi connectivity index (χ1) is 17.9. The van der Waals surface area contributed by atoms with Gasteiger partial charge in [-0.25, -0.2) is 13.2 Å². The highest BCUT2D eigenvalue weighted by Gasteiger charge is 2.29. The highest BCUT2D eigenvalue weighted by atomic mass is 19.2. The third kappa shape index (κ3) is 4.73. The van der Waals surface area contributed by atoms with Crippen molar-refractivity contribution in [3.8, 4) is 5.69 Å². The van der Waals surface area contributed by atoms with E-state index in [1.165, 1.54) is 0 Å². The first-order valence-electron chi connectivity index (χ1n) is 11.5. The molecule has 2 heterocycles. The van der Waals surface area contributed by atoms with Gasteiger partial charge in [0, 0.05) is 25.1 Å². The molecule has 3 aromatic rings. The summed E-state index contributed by atoms with van der Waals surface area (Å²) in [7, 11) is 1.55. The minimum Gasteiger partial charge on any atom is -0.495 e. The lowest BCUT2D eigenvalue weighted by Crippen LogP contribution is -2.36. The fourth-order valence-corrected chi connectivity index (χ4v) is 4.45. The van der Waals surface area contributed by atoms with Crippen molar-refractivity contribution in [1.82, 2.24) is 19.7 Å². The minimum atomic E-state index is -1.28. The van der Waals surface area contributed by atoms with E-state index >= 15 is 0 Å². The monoisotopic (exact) mass is 505 g/mol. The molecule has 1 aliphatic heterocycles. The number of benzene rings is 2. The van der Waals surface area contributed by atoms with Gasteiger partial charge < -0.3 is 15.4 Å². The normalized spacial score (nSPS) is 14.9. The predicted molar refractivity (Wildman–Crippen MR) is 128 cm³/mol. The van der Waals surface area contributed by atoms with Crippen LogP contribution in [0.4, 0.5) is 13.2 Å². The van der Waals surface area contributed by atoms with Gasteiger partial charge >= 0.3 is 0 Å². The van der Waals surface area contributed by atoms with Gasteiger partial charge in [0.15, 0.2) is 23.3 Å². The number of ether oxygens (including phenoxy) is 1. The molecule has 188 valence electrons. The smallest absolute Gasteiger partial charge is 0.224 e. The molecular formula is C27H22F3N5O2. The number of hydrogen-bond donors (Lipinski definition) is 1. The van der Waals surface area contributed by atoms with Gasteiger partial charge in [0.1, 0.15) is 17.1 Å². The molecule has 10 heteroatoms. The average Bonchev–Trinajstić information content (AvgIpc) is 3.22. The van der Waals surface area contributed by atoms with E-state index in [0.29, 0.717) is 29.0 Å². The van der Waals surface area contributed by atoms with E-state index < -0.39 is 23.5 Å². The van der Waals surface area contributed by atoms with Gasteiger partial charge in [0.25, 0.3) is 0 Å². The van der Waals surface area contributed by atoms with Crippen LogP contribution in [0.2, 0.25) is 0 Å². The molecule has 2 aromatic carbocycles. The highest BCUT2D eigenvalue weighted by Crippen LogP contribution is 2.31. The van der Waals surface area contributed by atoms with Gasteiger partial charge in [-0.2, -0.15) is 0 Å². The van der Waals surface area contributed by atoms with Crippen LogP contribution in [0.15, 0.2) is 65.8 Å². The fourth-order valence-electron chi connectivity index (χ4n) is 4.45. The molecule has 1 atom stereocenters. The van der Waals surface area contributed by atoms with Crippen molar-refractivity contribution in [2.24, 2.45) is 5.73 Å². The number of halogens is 3. The molecule has 5 rings (SSSR count). The molecule has 2 aliphatic rings. The van der Waals surface area contributed by atoms with Gasteiger partial charge in [0.2, 0.25) is 5.91 Å². The van der Waals surface area contributed by atoms with Crippen LogP contribution in [0.3, 0.4) is 0 Å². The van der Waals surface area contributed by atoms with Crippen molar-refractivity contribution in [2.75, 3.05) is 7.11 Å². The number of allylic oxidation sites excluding steroid dienone is 3. The van der Waals surface area contributed by atoms with E-state index in [4.69, 9.17) is 10.5 Å². The standard InChI is InChI=1S/C27H22F3N5O2/c1-37-24-9-5-3-7-19(24)27-33-32-25-15-34(14-16-6-2-4-8-23(16)35(25)27)26(36)12-18(31)10-17-11-21(29)22(30)13-20(17)28/h2,4-6,8-9,11,13,18H,10,12,14-15,31H2,1H3/t18-/m1/s1. The van der Waals surface area contributed by atoms with Crippen LogP contribution in [0, 0.1) is 17.5 Å². The summed E-state index contributed by atoms with van der Waals surface area (Å²) < 4.78 is 48.2. The number of nitrogens with two attached hydrogens (primary N) is 1. The lowest BCUT2D eigenvalue weighted by molar-refractivity contribution is -0.132. The molecule has 1 aliphatic carbocycles. The topological polar surface area (TPSA) is 86.3 Å². The van der Waals surface area contributed by atoms with Gasteiger partial charge in [-0.1, -0.05) is 29.7 Å². The van der Waals surface area contributed by atoms with Gasteiger partial charge in [0.05, 0.1) is 19.3 Å². The summed E-state index contributed by atoms with van der Waals surface area (Å²) in [5, 5.41) is 8.71. The number of rotatable bonds is 6. The Morgan fingerprint density at radius 2 is 1.92 bits per heavy atom. The van der Waals surface area contributed by atoms with E-state index in [9.17, 15) is 18.0 Å². The van der Waals surface area contributed by atoms with Crippen molar-refractivity contribution >= 4 is 11.5 Å². The number of methoxy groups -OCH3 is 1. The fraction of sp³-hybridized carbons (Fsp3) is 0.222. The number of para-hydroxylation sites is 1. The molecule has 1 aromatic heterocycles. The van der Waals surface area contributed by atoms with Crippen LogP contribution in [0.1, 0.15) is 29.2 Å². The van der Waals surface area contributed by atoms with Crippen molar-refractivity contribution in [1.29, 1.82) is 0 Å². The molecule has 0 radical (unpaired) electrons. The molecule has 0 saturated heterocycles. The van der Waals surface area contributed by atoms with Crippen LogP contribution in [0.5, 0.6) is 0 Å². The Hall–Kier alpha value is -4.36. The molecule has 1 amide bonds. The van der Waals surface area contributed by atoms with E-state index in [2.05, 4.69) is 21.7 Å². The Morgan fingerprint density at radius 3 is 2.73 bits per heavy atom. The summed E-state index contributed by atoms with van der Waals surface area (Å²) in [6, 6.07) is 8.02. The third-order valence-electron chi connectivity index (χ3n) is 6.22. The van der Waals surface area contributed by atoms with Crippen LogP contribution >= 0.6 is 0 Å². The van der Waals surface area contributed by atoms with E-state index in [1.807, 2.05) is 28.8 Å². The number of nitrogens with zero attached hydrogens (tertiary/aromatic N) is 4. The number of fused-ring (bicyclic) bond motifs is 3. The van der Waals surface area contributed by atoms with Crippen LogP contribution in [0.25, 0.3) is 11.3 Å². The third-order valence-corrected chi connectivity index (χ3v) is 6.22. The Morgan fingerprint density at radius 1 is 1.14 bits per heavy atom. The van der Waals surface area contributed by atoms with Crippen molar-refractivity contribution in [2.45, 2.75) is 32.0 Å². The molecule has 0 bridgehead atoms. The van der Waals surface area contributed by atoms with Crippen molar-refractivity contribution in [3.63, 3.8) is 0 Å². The number of carbonyl (C=O) groups is 1. The van der Waals surface area contributed by atoms with E-state index in [1.54, 1.807) is 24.2 Å². The Kier molecular flexibility index (Phi) is 6.54. The second kappa shape index (κ2) is 9.95. The second-order valence-corrected chi connectivity index (χ2v) is 8.73. The van der Waals surface area contributed by atoms with Crippen molar-refractivity contribution < 1.29 is 22.7 Å². The first-order valence-corrected chi connectivity index (χ1v) is 11.5. The van der Waals surface area contributed by atoms with Crippen LogP contribution < -0.4 is 5.73 Å². The molecule has 0 fully saturated rings. The zero-order chi connectivity index (χ0) is 26.1. The van der Waals surface area contributed by atoms with Crippen molar-refractivity contribution in [3.05, 3.63) is 106 Å². The summed E-state index contributed by atoms with van der Waals surface area (Å²) in [5.41, 5.74) is 14.2. The van der Waals surface area contributed by atoms with Gasteiger partial charge in [-0.05, 0) is 41.8 Å². The highest BCUT2D eigenvalue weighted by molar-refractivity contribution is 5.78. The molecule has 0 unspecified atom stereocenters. The lowest BCUT2D eigenvalue weighted by Gasteiger charge is -2.22. The zero-order valence-electron chi connectivity index (χ0n) is 19.8. The number of amides is 1. The maximum absolute atomic E-state index is 14.1. The second-order valence-electron chi connectivity index (χ2n) is 8.73. The SMILES string of the molecule is COC1=CC=C=C=C1c1nnc2n1-c1ccccc1CN(C(=O)C[C@H](N)Cc1cc(F)c(F)cc1F)C2. The van der Waals surface area contributed by atoms with Gasteiger partial charge in [-0.15, -0.1) is 10.2 Å². The quantitative estimate of drug-likeness (QED) is 0.408. The Balaban J connectivity index is 1.43. The summed E-state index contributed by atoms with van der Waals surface area (Å²) >= 11 is 0. The predicted octanol–water partition coefficient (Wildman–Crippen LogP) is 3.72. The maximum atomic E-state index is 14.1. The lowest BCUT2D eigenvalue weighted by atomic mass is 10.0. The molecule has 7 nitrogen and oxygen atoms in total. The summed E-state index contributed by atoms with van der Waals surface area (Å²) in [6.07, 6.45) is 3.19. The molecular weight excluding hydrogens is 483 g/mol. The maximum Gasteiger partial charge on any atom is 0.224 e. The molecule has 0 saturated carbocycles. The largest absolute Gasteiger partial charge is 0.495 e. The number of hydrogen-bond acceptors (Lipinski definition) is 5. The van der Waals surface area contributed by atoms with Crippen LogP contribution in [-0.4, -0.2) is 38.7 Å². The first kappa shape index (κ1) is 24.3. The minimum absolute atomic E-state index is 0.0883. The summed E-state index contributed by atoms with van der Waals surface area (Å²) in [6.45, 7) is 0.428.